The fourth-order valence-electron chi connectivity index (χ4n) is 1.91. The molecular weight excluding hydrogens is 206 g/mol. The van der Waals surface area contributed by atoms with Crippen LogP contribution in [0.4, 0.5) is 8.78 Å². The molecular formula is C14H6F2. The first-order chi connectivity index (χ1) is 7.77. The number of rotatable bonds is 0. The maximum atomic E-state index is 13.7. The lowest BCUT2D eigenvalue weighted by Crippen LogP contribution is -1.87. The minimum absolute atomic E-state index is 0.308. The number of hydrogen-bond donors (Lipinski definition) is 0. The standard InChI is InChI=1S/C14H6F2/c15-12-8-7-10-6-5-9-3-1-2-4-11(9)13(10)14(12)16/h2-7H. The summed E-state index contributed by atoms with van der Waals surface area (Å²) in [5, 5.41) is 2.50. The van der Waals surface area contributed by atoms with E-state index in [1.165, 1.54) is 6.07 Å². The molecule has 3 aromatic rings. The molecule has 0 heterocycles. The van der Waals surface area contributed by atoms with Crippen LogP contribution in [0.2, 0.25) is 0 Å². The van der Waals surface area contributed by atoms with Gasteiger partial charge in [-0.25, -0.2) is 8.78 Å². The van der Waals surface area contributed by atoms with Gasteiger partial charge in [0.25, 0.3) is 0 Å². The van der Waals surface area contributed by atoms with Crippen molar-refractivity contribution in [1.82, 2.24) is 0 Å². The SMILES string of the molecule is Fc1[c]cc2ccc3c[c]ccc3c2c1F. The highest BCUT2D eigenvalue weighted by molar-refractivity contribution is 6.07. The van der Waals surface area contributed by atoms with Gasteiger partial charge in [0, 0.05) is 11.5 Å². The number of benzene rings is 3. The largest absolute Gasteiger partial charge is 0.203 e. The van der Waals surface area contributed by atoms with Gasteiger partial charge in [-0.15, -0.1) is 0 Å². The van der Waals surface area contributed by atoms with Crippen molar-refractivity contribution in [2.45, 2.75) is 0 Å². The van der Waals surface area contributed by atoms with Gasteiger partial charge in [-0.2, -0.15) is 0 Å². The van der Waals surface area contributed by atoms with Crippen LogP contribution in [0, 0.1) is 23.8 Å². The molecule has 2 radical (unpaired) electrons. The van der Waals surface area contributed by atoms with E-state index in [2.05, 4.69) is 12.1 Å². The van der Waals surface area contributed by atoms with E-state index in [-0.39, 0.29) is 0 Å². The summed E-state index contributed by atoms with van der Waals surface area (Å²) in [5.74, 6) is -1.78. The van der Waals surface area contributed by atoms with Crippen LogP contribution in [0.25, 0.3) is 21.5 Å². The predicted octanol–water partition coefficient (Wildman–Crippen LogP) is 3.87. The number of hydrogen-bond acceptors (Lipinski definition) is 0. The Bertz CT molecular complexity index is 687. The number of fused-ring (bicyclic) bond motifs is 3. The zero-order chi connectivity index (χ0) is 11.1. The quantitative estimate of drug-likeness (QED) is 0.496. The molecule has 2 heteroatoms. The molecule has 76 valence electrons. The van der Waals surface area contributed by atoms with Crippen molar-refractivity contribution >= 4 is 21.5 Å². The summed E-state index contributed by atoms with van der Waals surface area (Å²) < 4.78 is 26.8. The molecule has 0 aliphatic heterocycles. The smallest absolute Gasteiger partial charge is 0.167 e. The molecule has 0 atom stereocenters. The Morgan fingerprint density at radius 1 is 0.938 bits per heavy atom. The molecule has 0 unspecified atom stereocenters. The molecule has 0 amide bonds. The van der Waals surface area contributed by atoms with Crippen molar-refractivity contribution in [1.29, 1.82) is 0 Å². The van der Waals surface area contributed by atoms with Crippen LogP contribution in [-0.4, -0.2) is 0 Å². The monoisotopic (exact) mass is 212 g/mol. The van der Waals surface area contributed by atoms with E-state index in [9.17, 15) is 8.78 Å². The van der Waals surface area contributed by atoms with E-state index in [0.717, 1.165) is 5.39 Å². The van der Waals surface area contributed by atoms with Gasteiger partial charge in [-0.05, 0) is 34.4 Å². The van der Waals surface area contributed by atoms with E-state index in [4.69, 9.17) is 0 Å². The third kappa shape index (κ3) is 1.20. The average molecular weight is 212 g/mol. The van der Waals surface area contributed by atoms with Crippen molar-refractivity contribution in [2.75, 3.05) is 0 Å². The zero-order valence-corrected chi connectivity index (χ0v) is 8.22. The molecule has 0 bridgehead atoms. The first-order valence-electron chi connectivity index (χ1n) is 4.85. The molecule has 0 aromatic heterocycles. The number of halogens is 2. The Hall–Kier alpha value is -1.96. The van der Waals surface area contributed by atoms with Crippen LogP contribution < -0.4 is 0 Å². The van der Waals surface area contributed by atoms with Crippen molar-refractivity contribution < 1.29 is 8.78 Å². The molecule has 0 aliphatic rings. The second kappa shape index (κ2) is 3.27. The van der Waals surface area contributed by atoms with Crippen molar-refractivity contribution in [2.24, 2.45) is 0 Å². The summed E-state index contributed by atoms with van der Waals surface area (Å²) in [7, 11) is 0. The van der Waals surface area contributed by atoms with Crippen LogP contribution in [0.3, 0.4) is 0 Å². The van der Waals surface area contributed by atoms with E-state index >= 15 is 0 Å². The maximum Gasteiger partial charge on any atom is 0.167 e. The summed E-state index contributed by atoms with van der Waals surface area (Å²) in [6, 6.07) is 15.4. The van der Waals surface area contributed by atoms with E-state index in [1.807, 2.05) is 6.07 Å². The van der Waals surface area contributed by atoms with Gasteiger partial charge >= 0.3 is 0 Å². The molecule has 3 aromatic carbocycles. The first kappa shape index (κ1) is 9.28. The lowest BCUT2D eigenvalue weighted by atomic mass is 10.0. The molecule has 0 saturated heterocycles. The van der Waals surface area contributed by atoms with Crippen LogP contribution >= 0.6 is 0 Å². The second-order valence-corrected chi connectivity index (χ2v) is 3.59. The highest BCUT2D eigenvalue weighted by Crippen LogP contribution is 2.28. The second-order valence-electron chi connectivity index (χ2n) is 3.59. The van der Waals surface area contributed by atoms with Crippen molar-refractivity contribution in [3.05, 3.63) is 60.2 Å². The summed E-state index contributed by atoms with van der Waals surface area (Å²) in [5.41, 5.74) is 0. The van der Waals surface area contributed by atoms with Gasteiger partial charge in [-0.1, -0.05) is 24.3 Å². The summed E-state index contributed by atoms with van der Waals surface area (Å²) in [6.07, 6.45) is 0. The van der Waals surface area contributed by atoms with Gasteiger partial charge in [0.2, 0.25) is 0 Å². The molecule has 0 spiro atoms. The predicted molar refractivity (Wildman–Crippen MR) is 59.0 cm³/mol. The van der Waals surface area contributed by atoms with Gasteiger partial charge in [0.05, 0.1) is 0 Å². The lowest BCUT2D eigenvalue weighted by Gasteiger charge is -2.04. The van der Waals surface area contributed by atoms with Gasteiger partial charge in [-0.3, -0.25) is 0 Å². The van der Waals surface area contributed by atoms with Crippen LogP contribution in [0.5, 0.6) is 0 Å². The lowest BCUT2D eigenvalue weighted by molar-refractivity contribution is 0.516. The summed E-state index contributed by atoms with van der Waals surface area (Å²) in [4.78, 5) is 0. The van der Waals surface area contributed by atoms with Gasteiger partial charge in [0.15, 0.2) is 11.6 Å². The zero-order valence-electron chi connectivity index (χ0n) is 8.22. The Labute approximate surface area is 91.1 Å². The Morgan fingerprint density at radius 2 is 1.75 bits per heavy atom. The summed E-state index contributed by atoms with van der Waals surface area (Å²) in [6.45, 7) is 0. The van der Waals surface area contributed by atoms with Crippen molar-refractivity contribution in [3.8, 4) is 0 Å². The maximum absolute atomic E-state index is 13.7. The molecule has 0 saturated carbocycles. The topological polar surface area (TPSA) is 0 Å². The molecule has 0 N–H and O–H groups in total. The third-order valence-electron chi connectivity index (χ3n) is 2.66. The van der Waals surface area contributed by atoms with E-state index in [0.29, 0.717) is 16.2 Å². The Kier molecular flexibility index (Phi) is 1.90. The fourth-order valence-corrected chi connectivity index (χ4v) is 1.91. The highest BCUT2D eigenvalue weighted by Gasteiger charge is 2.09. The highest BCUT2D eigenvalue weighted by atomic mass is 19.2. The first-order valence-corrected chi connectivity index (χ1v) is 4.85. The van der Waals surface area contributed by atoms with E-state index < -0.39 is 11.6 Å². The average Bonchev–Trinajstić information content (AvgIpc) is 2.33. The fraction of sp³-hybridized carbons (Fsp3) is 0. The summed E-state index contributed by atoms with van der Waals surface area (Å²) >= 11 is 0. The molecule has 16 heavy (non-hydrogen) atoms. The molecule has 3 rings (SSSR count). The van der Waals surface area contributed by atoms with Crippen LogP contribution in [-0.2, 0) is 0 Å². The Morgan fingerprint density at radius 3 is 2.62 bits per heavy atom. The minimum Gasteiger partial charge on any atom is -0.203 e. The van der Waals surface area contributed by atoms with Crippen LogP contribution in [0.1, 0.15) is 0 Å². The van der Waals surface area contributed by atoms with Crippen molar-refractivity contribution in [3.63, 3.8) is 0 Å². The molecule has 0 nitrogen and oxygen atoms in total. The third-order valence-corrected chi connectivity index (χ3v) is 2.66. The van der Waals surface area contributed by atoms with E-state index in [1.54, 1.807) is 24.3 Å². The van der Waals surface area contributed by atoms with Crippen LogP contribution in [0.15, 0.2) is 36.4 Å². The molecule has 0 aliphatic carbocycles. The van der Waals surface area contributed by atoms with Gasteiger partial charge in [0.1, 0.15) is 0 Å². The molecule has 0 fully saturated rings. The normalized spacial score (nSPS) is 11.1. The minimum atomic E-state index is -0.937. The Balaban J connectivity index is 2.63. The van der Waals surface area contributed by atoms with Gasteiger partial charge < -0.3 is 0 Å².